The number of rotatable bonds is 2. The molecule has 17 heavy (non-hydrogen) atoms. The SMILES string of the molecule is NC(=O)C1CCCN(c2ncc(Br)cc2Br)C1. The summed E-state index contributed by atoms with van der Waals surface area (Å²) in [6, 6.07) is 1.95. The number of carbonyl (C=O) groups is 1. The van der Waals surface area contributed by atoms with Crippen LogP contribution in [0.3, 0.4) is 0 Å². The van der Waals surface area contributed by atoms with Gasteiger partial charge in [0.05, 0.1) is 10.4 Å². The number of carbonyl (C=O) groups excluding carboxylic acids is 1. The van der Waals surface area contributed by atoms with Crippen LogP contribution in [0.4, 0.5) is 5.82 Å². The van der Waals surface area contributed by atoms with Gasteiger partial charge < -0.3 is 10.6 Å². The summed E-state index contributed by atoms with van der Waals surface area (Å²) >= 11 is 6.86. The summed E-state index contributed by atoms with van der Waals surface area (Å²) in [5, 5.41) is 0. The fourth-order valence-electron chi connectivity index (χ4n) is 2.04. The molecular weight excluding hydrogens is 350 g/mol. The van der Waals surface area contributed by atoms with Crippen molar-refractivity contribution in [1.82, 2.24) is 4.98 Å². The average molecular weight is 363 g/mol. The van der Waals surface area contributed by atoms with E-state index in [4.69, 9.17) is 5.73 Å². The Bertz CT molecular complexity index is 439. The normalized spacial score (nSPS) is 20.4. The summed E-state index contributed by atoms with van der Waals surface area (Å²) < 4.78 is 1.86. The number of hydrogen-bond acceptors (Lipinski definition) is 3. The van der Waals surface area contributed by atoms with Gasteiger partial charge in [-0.1, -0.05) is 0 Å². The van der Waals surface area contributed by atoms with Crippen molar-refractivity contribution < 1.29 is 4.79 Å². The van der Waals surface area contributed by atoms with E-state index in [0.717, 1.165) is 34.1 Å². The lowest BCUT2D eigenvalue weighted by Crippen LogP contribution is -2.41. The molecule has 0 spiro atoms. The molecule has 1 aromatic rings. The van der Waals surface area contributed by atoms with Crippen LogP contribution in [0.5, 0.6) is 0 Å². The van der Waals surface area contributed by atoms with Crippen LogP contribution < -0.4 is 10.6 Å². The van der Waals surface area contributed by atoms with Gasteiger partial charge in [-0.15, -0.1) is 0 Å². The van der Waals surface area contributed by atoms with E-state index in [1.807, 2.05) is 6.07 Å². The largest absolute Gasteiger partial charge is 0.369 e. The maximum atomic E-state index is 11.2. The smallest absolute Gasteiger partial charge is 0.222 e. The third-order valence-corrected chi connectivity index (χ3v) is 3.93. The van der Waals surface area contributed by atoms with Crippen molar-refractivity contribution >= 4 is 43.6 Å². The molecule has 1 aliphatic heterocycles. The molecule has 2 N–H and O–H groups in total. The molecule has 1 aliphatic rings. The van der Waals surface area contributed by atoms with E-state index in [1.165, 1.54) is 0 Å². The lowest BCUT2D eigenvalue weighted by Gasteiger charge is -2.32. The molecule has 1 aromatic heterocycles. The van der Waals surface area contributed by atoms with Crippen molar-refractivity contribution in [3.8, 4) is 0 Å². The summed E-state index contributed by atoms with van der Waals surface area (Å²) in [5.41, 5.74) is 5.36. The lowest BCUT2D eigenvalue weighted by atomic mass is 9.97. The molecular formula is C11H13Br2N3O. The van der Waals surface area contributed by atoms with Crippen molar-refractivity contribution in [3.05, 3.63) is 21.2 Å². The zero-order valence-electron chi connectivity index (χ0n) is 9.20. The van der Waals surface area contributed by atoms with Gasteiger partial charge in [-0.25, -0.2) is 4.98 Å². The Hall–Kier alpha value is -0.620. The van der Waals surface area contributed by atoms with E-state index >= 15 is 0 Å². The molecule has 1 atom stereocenters. The topological polar surface area (TPSA) is 59.2 Å². The molecule has 2 rings (SSSR count). The molecule has 6 heteroatoms. The minimum absolute atomic E-state index is 0.0684. The highest BCUT2D eigenvalue weighted by Gasteiger charge is 2.25. The predicted molar refractivity (Wildman–Crippen MR) is 73.8 cm³/mol. The highest BCUT2D eigenvalue weighted by atomic mass is 79.9. The predicted octanol–water partition coefficient (Wildman–Crippen LogP) is 2.31. The van der Waals surface area contributed by atoms with Gasteiger partial charge in [-0.3, -0.25) is 4.79 Å². The molecule has 92 valence electrons. The Labute approximate surface area is 117 Å². The minimum Gasteiger partial charge on any atom is -0.369 e. The zero-order chi connectivity index (χ0) is 12.4. The van der Waals surface area contributed by atoms with Gasteiger partial charge in [0.15, 0.2) is 0 Å². The summed E-state index contributed by atoms with van der Waals surface area (Å²) in [4.78, 5) is 17.7. The quantitative estimate of drug-likeness (QED) is 0.878. The maximum absolute atomic E-state index is 11.2. The Morgan fingerprint density at radius 2 is 2.29 bits per heavy atom. The molecule has 4 nitrogen and oxygen atoms in total. The average Bonchev–Trinajstić information content (AvgIpc) is 2.29. The number of piperidine rings is 1. The van der Waals surface area contributed by atoms with Crippen LogP contribution in [0, 0.1) is 5.92 Å². The number of nitrogens with zero attached hydrogens (tertiary/aromatic N) is 2. The second-order valence-electron chi connectivity index (χ2n) is 4.15. The molecule has 1 saturated heterocycles. The van der Waals surface area contributed by atoms with E-state index < -0.39 is 0 Å². The zero-order valence-corrected chi connectivity index (χ0v) is 12.4. The first-order valence-electron chi connectivity index (χ1n) is 5.43. The molecule has 2 heterocycles. The van der Waals surface area contributed by atoms with Gasteiger partial charge in [-0.05, 0) is 50.8 Å². The molecule has 0 aromatic carbocycles. The third-order valence-electron chi connectivity index (χ3n) is 2.91. The van der Waals surface area contributed by atoms with Crippen molar-refractivity contribution in [1.29, 1.82) is 0 Å². The van der Waals surface area contributed by atoms with E-state index in [0.29, 0.717) is 6.54 Å². The maximum Gasteiger partial charge on any atom is 0.222 e. The Morgan fingerprint density at radius 1 is 1.53 bits per heavy atom. The van der Waals surface area contributed by atoms with Gasteiger partial charge in [0.2, 0.25) is 5.91 Å². The van der Waals surface area contributed by atoms with E-state index in [-0.39, 0.29) is 11.8 Å². The summed E-state index contributed by atoms with van der Waals surface area (Å²) in [6.45, 7) is 1.57. The second kappa shape index (κ2) is 5.35. The molecule has 1 unspecified atom stereocenters. The van der Waals surface area contributed by atoms with Crippen LogP contribution in [-0.2, 0) is 4.79 Å². The van der Waals surface area contributed by atoms with Crippen molar-refractivity contribution in [2.75, 3.05) is 18.0 Å². The van der Waals surface area contributed by atoms with Gasteiger partial charge in [-0.2, -0.15) is 0 Å². The number of primary amides is 1. The number of anilines is 1. The standard InChI is InChI=1S/C11H13Br2N3O/c12-8-4-9(13)11(15-5-8)16-3-1-2-7(6-16)10(14)17/h4-5,7H,1-3,6H2,(H2,14,17). The fourth-order valence-corrected chi connectivity index (χ4v) is 3.28. The number of amides is 1. The first-order chi connectivity index (χ1) is 8.08. The third kappa shape index (κ3) is 2.98. The van der Waals surface area contributed by atoms with Crippen molar-refractivity contribution in [2.45, 2.75) is 12.8 Å². The Morgan fingerprint density at radius 3 is 2.94 bits per heavy atom. The number of hydrogen-bond donors (Lipinski definition) is 1. The molecule has 0 radical (unpaired) electrons. The molecule has 1 fully saturated rings. The highest BCUT2D eigenvalue weighted by Crippen LogP contribution is 2.29. The van der Waals surface area contributed by atoms with Crippen LogP contribution in [0.15, 0.2) is 21.2 Å². The monoisotopic (exact) mass is 361 g/mol. The van der Waals surface area contributed by atoms with Gasteiger partial charge in [0.25, 0.3) is 0 Å². The number of pyridine rings is 1. The van der Waals surface area contributed by atoms with E-state index in [1.54, 1.807) is 6.20 Å². The van der Waals surface area contributed by atoms with Crippen LogP contribution >= 0.6 is 31.9 Å². The molecule has 0 saturated carbocycles. The number of nitrogens with two attached hydrogens (primary N) is 1. The first kappa shape index (κ1) is 12.8. The number of halogens is 2. The van der Waals surface area contributed by atoms with Gasteiger partial charge >= 0.3 is 0 Å². The van der Waals surface area contributed by atoms with Gasteiger partial charge in [0, 0.05) is 23.8 Å². The fraction of sp³-hybridized carbons (Fsp3) is 0.455. The van der Waals surface area contributed by atoms with E-state index in [9.17, 15) is 4.79 Å². The van der Waals surface area contributed by atoms with E-state index in [2.05, 4.69) is 41.7 Å². The van der Waals surface area contributed by atoms with Crippen LogP contribution in [-0.4, -0.2) is 24.0 Å². The molecule has 1 amide bonds. The highest BCUT2D eigenvalue weighted by molar-refractivity contribution is 9.11. The van der Waals surface area contributed by atoms with Crippen LogP contribution in [0.2, 0.25) is 0 Å². The molecule has 0 aliphatic carbocycles. The first-order valence-corrected chi connectivity index (χ1v) is 7.02. The summed E-state index contributed by atoms with van der Waals surface area (Å²) in [7, 11) is 0. The number of aromatic nitrogens is 1. The van der Waals surface area contributed by atoms with Crippen molar-refractivity contribution in [2.24, 2.45) is 11.7 Å². The Kier molecular flexibility index (Phi) is 4.04. The lowest BCUT2D eigenvalue weighted by molar-refractivity contribution is -0.122. The van der Waals surface area contributed by atoms with Gasteiger partial charge in [0.1, 0.15) is 5.82 Å². The van der Waals surface area contributed by atoms with Crippen LogP contribution in [0.25, 0.3) is 0 Å². The Balaban J connectivity index is 2.19. The van der Waals surface area contributed by atoms with Crippen molar-refractivity contribution in [3.63, 3.8) is 0 Å². The van der Waals surface area contributed by atoms with Crippen LogP contribution in [0.1, 0.15) is 12.8 Å². The minimum atomic E-state index is -0.220. The second-order valence-corrected chi connectivity index (χ2v) is 5.92. The molecule has 0 bridgehead atoms. The summed E-state index contributed by atoms with van der Waals surface area (Å²) in [6.07, 6.45) is 3.60. The summed E-state index contributed by atoms with van der Waals surface area (Å²) in [5.74, 6) is 0.586.